The van der Waals surface area contributed by atoms with E-state index in [9.17, 15) is 9.59 Å². The summed E-state index contributed by atoms with van der Waals surface area (Å²) in [7, 11) is 1.35. The lowest BCUT2D eigenvalue weighted by Crippen LogP contribution is -2.50. The summed E-state index contributed by atoms with van der Waals surface area (Å²) in [6, 6.07) is 7.04. The predicted molar refractivity (Wildman–Crippen MR) is 78.0 cm³/mol. The molecule has 0 aromatic heterocycles. The average molecular weight is 291 g/mol. The number of amides is 1. The molecule has 1 amide bonds. The van der Waals surface area contributed by atoms with Gasteiger partial charge >= 0.3 is 5.97 Å². The van der Waals surface area contributed by atoms with Crippen molar-refractivity contribution in [1.29, 1.82) is 0 Å². The van der Waals surface area contributed by atoms with Gasteiger partial charge in [-0.2, -0.15) is 0 Å². The van der Waals surface area contributed by atoms with E-state index in [1.54, 1.807) is 4.90 Å². The van der Waals surface area contributed by atoms with Gasteiger partial charge in [-0.1, -0.05) is 17.7 Å². The maximum absolute atomic E-state index is 12.3. The van der Waals surface area contributed by atoms with Crippen molar-refractivity contribution in [2.45, 2.75) is 32.2 Å². The summed E-state index contributed by atoms with van der Waals surface area (Å²) < 4.78 is 10.3. The van der Waals surface area contributed by atoms with Crippen LogP contribution < -0.4 is 4.74 Å². The van der Waals surface area contributed by atoms with Crippen LogP contribution in [0.25, 0.3) is 0 Å². The maximum Gasteiger partial charge on any atom is 0.328 e. The molecule has 0 bridgehead atoms. The van der Waals surface area contributed by atoms with Crippen molar-refractivity contribution < 1.29 is 19.1 Å². The number of methoxy groups -OCH3 is 1. The number of rotatable bonds is 4. The third-order valence-corrected chi connectivity index (χ3v) is 3.68. The molecule has 0 spiro atoms. The molecule has 5 heteroatoms. The monoisotopic (exact) mass is 291 g/mol. The zero-order valence-electron chi connectivity index (χ0n) is 12.5. The Bertz CT molecular complexity index is 498. The predicted octanol–water partition coefficient (Wildman–Crippen LogP) is 1.93. The number of nitrogens with zero attached hydrogens (tertiary/aromatic N) is 1. The summed E-state index contributed by atoms with van der Waals surface area (Å²) in [6.07, 6.45) is 2.50. The summed E-state index contributed by atoms with van der Waals surface area (Å²) >= 11 is 0. The van der Waals surface area contributed by atoms with Crippen LogP contribution in [0.15, 0.2) is 24.3 Å². The summed E-state index contributed by atoms with van der Waals surface area (Å²) in [4.78, 5) is 25.6. The smallest absolute Gasteiger partial charge is 0.328 e. The van der Waals surface area contributed by atoms with Crippen LogP contribution in [0.1, 0.15) is 24.8 Å². The highest BCUT2D eigenvalue weighted by molar-refractivity contribution is 5.85. The van der Waals surface area contributed by atoms with E-state index in [1.165, 1.54) is 7.11 Å². The van der Waals surface area contributed by atoms with E-state index < -0.39 is 6.04 Å². The van der Waals surface area contributed by atoms with Gasteiger partial charge in [-0.3, -0.25) is 4.79 Å². The van der Waals surface area contributed by atoms with Gasteiger partial charge in [0.1, 0.15) is 11.8 Å². The summed E-state index contributed by atoms with van der Waals surface area (Å²) in [5, 5.41) is 0. The summed E-state index contributed by atoms with van der Waals surface area (Å²) in [5.74, 6) is 0.129. The highest BCUT2D eigenvalue weighted by Crippen LogP contribution is 2.19. The largest absolute Gasteiger partial charge is 0.484 e. The molecule has 0 aliphatic carbocycles. The number of aryl methyl sites for hydroxylation is 1. The minimum Gasteiger partial charge on any atom is -0.484 e. The van der Waals surface area contributed by atoms with E-state index >= 15 is 0 Å². The molecule has 114 valence electrons. The molecule has 1 aromatic rings. The lowest BCUT2D eigenvalue weighted by molar-refractivity contribution is -0.155. The van der Waals surface area contributed by atoms with Gasteiger partial charge in [-0.15, -0.1) is 0 Å². The molecule has 1 fully saturated rings. The normalized spacial score (nSPS) is 18.2. The first-order valence-electron chi connectivity index (χ1n) is 7.18. The van der Waals surface area contributed by atoms with Crippen molar-refractivity contribution >= 4 is 11.9 Å². The molecule has 1 aliphatic rings. The molecule has 1 aliphatic heterocycles. The van der Waals surface area contributed by atoms with Crippen molar-refractivity contribution in [2.75, 3.05) is 20.3 Å². The van der Waals surface area contributed by atoms with Gasteiger partial charge in [-0.25, -0.2) is 4.79 Å². The Hall–Kier alpha value is -2.04. The number of hydrogen-bond donors (Lipinski definition) is 0. The molecule has 0 saturated carbocycles. The molecule has 21 heavy (non-hydrogen) atoms. The van der Waals surface area contributed by atoms with Gasteiger partial charge in [0.2, 0.25) is 0 Å². The first kappa shape index (κ1) is 15.4. The maximum atomic E-state index is 12.3. The molecule has 1 heterocycles. The Morgan fingerprint density at radius 1 is 1.24 bits per heavy atom. The number of piperidine rings is 1. The molecule has 1 saturated heterocycles. The third kappa shape index (κ3) is 3.97. The number of esters is 1. The number of benzene rings is 1. The number of carbonyl (C=O) groups excluding carboxylic acids is 2. The minimum atomic E-state index is -0.474. The van der Waals surface area contributed by atoms with E-state index in [2.05, 4.69) is 0 Å². The fraction of sp³-hybridized carbons (Fsp3) is 0.500. The molecule has 2 rings (SSSR count). The lowest BCUT2D eigenvalue weighted by Gasteiger charge is -2.33. The summed E-state index contributed by atoms with van der Waals surface area (Å²) in [6.45, 7) is 2.51. The summed E-state index contributed by atoms with van der Waals surface area (Å²) in [5.41, 5.74) is 1.13. The highest BCUT2D eigenvalue weighted by atomic mass is 16.5. The van der Waals surface area contributed by atoms with Crippen molar-refractivity contribution in [3.63, 3.8) is 0 Å². The number of hydrogen-bond acceptors (Lipinski definition) is 4. The third-order valence-electron chi connectivity index (χ3n) is 3.68. The topological polar surface area (TPSA) is 55.8 Å². The second kappa shape index (κ2) is 7.11. The van der Waals surface area contributed by atoms with Crippen LogP contribution in [0.5, 0.6) is 5.75 Å². The van der Waals surface area contributed by atoms with Gasteiger partial charge in [0.25, 0.3) is 5.91 Å². The van der Waals surface area contributed by atoms with Gasteiger partial charge < -0.3 is 14.4 Å². The Labute approximate surface area is 124 Å². The molecule has 1 aromatic carbocycles. The second-order valence-electron chi connectivity index (χ2n) is 5.22. The van der Waals surface area contributed by atoms with E-state index in [1.807, 2.05) is 31.2 Å². The van der Waals surface area contributed by atoms with Gasteiger partial charge in [0.15, 0.2) is 6.61 Å². The molecular formula is C16H21NO4. The molecular weight excluding hydrogens is 270 g/mol. The Morgan fingerprint density at radius 3 is 2.62 bits per heavy atom. The number of likely N-dealkylation sites (tertiary alicyclic amines) is 1. The zero-order chi connectivity index (χ0) is 15.2. The van der Waals surface area contributed by atoms with Gasteiger partial charge in [-0.05, 0) is 38.3 Å². The van der Waals surface area contributed by atoms with Crippen LogP contribution in [0.4, 0.5) is 0 Å². The van der Waals surface area contributed by atoms with Crippen LogP contribution in [0.3, 0.4) is 0 Å². The van der Waals surface area contributed by atoms with Crippen LogP contribution in [-0.2, 0) is 14.3 Å². The molecule has 0 N–H and O–H groups in total. The first-order valence-corrected chi connectivity index (χ1v) is 7.18. The van der Waals surface area contributed by atoms with Crippen molar-refractivity contribution in [1.82, 2.24) is 4.90 Å². The van der Waals surface area contributed by atoms with E-state index in [4.69, 9.17) is 9.47 Å². The van der Waals surface area contributed by atoms with Crippen molar-refractivity contribution in [3.05, 3.63) is 29.8 Å². The van der Waals surface area contributed by atoms with E-state index in [-0.39, 0.29) is 18.5 Å². The molecule has 1 atom stereocenters. The Kier molecular flexibility index (Phi) is 5.20. The lowest BCUT2D eigenvalue weighted by atomic mass is 10.0. The number of carbonyl (C=O) groups is 2. The molecule has 0 unspecified atom stereocenters. The fourth-order valence-electron chi connectivity index (χ4n) is 2.47. The van der Waals surface area contributed by atoms with Crippen LogP contribution in [0, 0.1) is 6.92 Å². The van der Waals surface area contributed by atoms with Crippen LogP contribution in [0.2, 0.25) is 0 Å². The van der Waals surface area contributed by atoms with Gasteiger partial charge in [0.05, 0.1) is 7.11 Å². The first-order chi connectivity index (χ1) is 10.1. The van der Waals surface area contributed by atoms with E-state index in [0.29, 0.717) is 18.7 Å². The Balaban J connectivity index is 1.94. The standard InChI is InChI=1S/C16H21NO4/c1-12-6-8-13(9-7-12)21-11-15(18)17-10-4-3-5-14(17)16(19)20-2/h6-9,14H,3-5,10-11H2,1-2H3/t14-/m1/s1. The quantitative estimate of drug-likeness (QED) is 0.795. The minimum absolute atomic E-state index is 0.0590. The molecule has 0 radical (unpaired) electrons. The second-order valence-corrected chi connectivity index (χ2v) is 5.22. The Morgan fingerprint density at radius 2 is 1.95 bits per heavy atom. The fourth-order valence-corrected chi connectivity index (χ4v) is 2.47. The van der Waals surface area contributed by atoms with Gasteiger partial charge in [0, 0.05) is 6.54 Å². The SMILES string of the molecule is COC(=O)[C@H]1CCCCN1C(=O)COc1ccc(C)cc1. The number of ether oxygens (including phenoxy) is 2. The van der Waals surface area contributed by atoms with Crippen LogP contribution in [-0.4, -0.2) is 43.1 Å². The van der Waals surface area contributed by atoms with Crippen molar-refractivity contribution in [3.8, 4) is 5.75 Å². The van der Waals surface area contributed by atoms with Crippen LogP contribution >= 0.6 is 0 Å². The highest BCUT2D eigenvalue weighted by Gasteiger charge is 2.32. The van der Waals surface area contributed by atoms with Crippen molar-refractivity contribution in [2.24, 2.45) is 0 Å². The zero-order valence-corrected chi connectivity index (χ0v) is 12.5. The average Bonchev–Trinajstić information content (AvgIpc) is 2.53. The van der Waals surface area contributed by atoms with E-state index in [0.717, 1.165) is 18.4 Å². The molecule has 5 nitrogen and oxygen atoms in total.